The van der Waals surface area contributed by atoms with E-state index in [0.29, 0.717) is 0 Å². The summed E-state index contributed by atoms with van der Waals surface area (Å²) in [5, 5.41) is 10.1. The van der Waals surface area contributed by atoms with Crippen LogP contribution in [-0.4, -0.2) is 33.3 Å². The lowest BCUT2D eigenvalue weighted by atomic mass is 10.1. The van der Waals surface area contributed by atoms with Crippen molar-refractivity contribution in [1.29, 1.82) is 0 Å². The third kappa shape index (κ3) is 4.41. The van der Waals surface area contributed by atoms with Crippen LogP contribution in [0.4, 0.5) is 10.5 Å². The zero-order valence-electron chi connectivity index (χ0n) is 14.5. The lowest BCUT2D eigenvalue weighted by Crippen LogP contribution is -2.33. The van der Waals surface area contributed by atoms with Crippen LogP contribution in [0.25, 0.3) is 6.08 Å². The van der Waals surface area contributed by atoms with Gasteiger partial charge in [0.05, 0.1) is 16.4 Å². The second-order valence-electron chi connectivity index (χ2n) is 5.79. The number of rotatable bonds is 6. The molecule has 0 N–H and O–H groups in total. The van der Waals surface area contributed by atoms with Crippen LogP contribution in [-0.2, 0) is 4.79 Å². The first-order valence-corrected chi connectivity index (χ1v) is 9.02. The molecule has 8 heteroatoms. The van der Waals surface area contributed by atoms with Gasteiger partial charge in [0.1, 0.15) is 0 Å². The molecule has 28 heavy (non-hydrogen) atoms. The maximum atomic E-state index is 12.4. The molecule has 1 fully saturated rings. The number of carbonyl (C=O) groups is 3. The highest BCUT2D eigenvalue weighted by atomic mass is 32.2. The van der Waals surface area contributed by atoms with Crippen LogP contribution in [0.2, 0.25) is 0 Å². The number of nitrogens with zero attached hydrogens (tertiary/aromatic N) is 2. The Hall–Kier alpha value is -3.52. The number of ketones is 1. The van der Waals surface area contributed by atoms with Gasteiger partial charge in [0.25, 0.3) is 16.8 Å². The van der Waals surface area contributed by atoms with Crippen molar-refractivity contribution in [2.75, 3.05) is 6.54 Å². The summed E-state index contributed by atoms with van der Waals surface area (Å²) in [5.41, 5.74) is 1.000. The standard InChI is InChI=1S/C20H14N2O5S/c23-17(15-9-11-16(12-10-15)22(26)27)13-21-19(24)18(28-20(21)25)8-4-7-14-5-2-1-3-6-14/h1-12H,13H2/b7-4-,18-8+. The van der Waals surface area contributed by atoms with E-state index >= 15 is 0 Å². The van der Waals surface area contributed by atoms with Crippen LogP contribution in [0.3, 0.4) is 0 Å². The van der Waals surface area contributed by atoms with Crippen molar-refractivity contribution < 1.29 is 19.3 Å². The Morgan fingerprint density at radius 2 is 1.75 bits per heavy atom. The maximum absolute atomic E-state index is 12.4. The van der Waals surface area contributed by atoms with E-state index in [2.05, 4.69) is 0 Å². The van der Waals surface area contributed by atoms with Gasteiger partial charge in [0.2, 0.25) is 0 Å². The molecule has 3 rings (SSSR count). The number of carbonyl (C=O) groups excluding carboxylic acids is 3. The van der Waals surface area contributed by atoms with Gasteiger partial charge in [-0.3, -0.25) is 29.4 Å². The summed E-state index contributed by atoms with van der Waals surface area (Å²) in [6.45, 7) is -0.414. The normalized spacial score (nSPS) is 15.6. The van der Waals surface area contributed by atoms with Crippen molar-refractivity contribution in [2.45, 2.75) is 0 Å². The minimum Gasteiger partial charge on any atom is -0.292 e. The highest BCUT2D eigenvalue weighted by molar-refractivity contribution is 8.18. The lowest BCUT2D eigenvalue weighted by Gasteiger charge is -2.11. The molecule has 0 atom stereocenters. The van der Waals surface area contributed by atoms with Gasteiger partial charge < -0.3 is 0 Å². The minimum absolute atomic E-state index is 0.143. The van der Waals surface area contributed by atoms with E-state index in [1.807, 2.05) is 30.3 Å². The zero-order chi connectivity index (χ0) is 20.1. The third-order valence-corrected chi connectivity index (χ3v) is 4.84. The fraction of sp³-hybridized carbons (Fsp3) is 0.0500. The fourth-order valence-corrected chi connectivity index (χ4v) is 3.26. The molecule has 2 aromatic rings. The molecule has 7 nitrogen and oxygen atoms in total. The van der Waals surface area contributed by atoms with Gasteiger partial charge in [-0.1, -0.05) is 42.5 Å². The number of allylic oxidation sites excluding steroid dienone is 2. The van der Waals surface area contributed by atoms with E-state index in [1.54, 1.807) is 12.2 Å². The lowest BCUT2D eigenvalue weighted by molar-refractivity contribution is -0.384. The van der Waals surface area contributed by atoms with Crippen molar-refractivity contribution in [3.8, 4) is 0 Å². The van der Waals surface area contributed by atoms with E-state index in [1.165, 1.54) is 30.3 Å². The zero-order valence-corrected chi connectivity index (χ0v) is 15.3. The molecule has 0 unspecified atom stereocenters. The second kappa shape index (κ2) is 8.45. The van der Waals surface area contributed by atoms with Crippen molar-refractivity contribution in [3.05, 3.63) is 92.9 Å². The number of nitro benzene ring substituents is 1. The Morgan fingerprint density at radius 3 is 2.39 bits per heavy atom. The Balaban J connectivity index is 1.67. The molecule has 1 heterocycles. The SMILES string of the molecule is O=C(CN1C(=O)S/C(=C/C=C\c2ccccc2)C1=O)c1ccc([N+](=O)[O-])cc1. The smallest absolute Gasteiger partial charge is 0.292 e. The first-order chi connectivity index (χ1) is 13.5. The second-order valence-corrected chi connectivity index (χ2v) is 6.78. The summed E-state index contributed by atoms with van der Waals surface area (Å²) in [6.07, 6.45) is 5.01. The molecule has 140 valence electrons. The Labute approximate surface area is 164 Å². The van der Waals surface area contributed by atoms with Gasteiger partial charge in [-0.25, -0.2) is 0 Å². The number of hydrogen-bond acceptors (Lipinski definition) is 6. The molecule has 0 aliphatic carbocycles. The summed E-state index contributed by atoms with van der Waals surface area (Å²) in [4.78, 5) is 48.0. The van der Waals surface area contributed by atoms with Crippen molar-refractivity contribution in [2.24, 2.45) is 0 Å². The average Bonchev–Trinajstić information content (AvgIpc) is 2.96. The van der Waals surface area contributed by atoms with Gasteiger partial charge in [0.15, 0.2) is 5.78 Å². The molecule has 0 spiro atoms. The monoisotopic (exact) mass is 394 g/mol. The van der Waals surface area contributed by atoms with Crippen molar-refractivity contribution in [1.82, 2.24) is 4.90 Å². The molecule has 0 radical (unpaired) electrons. The number of amides is 2. The quantitative estimate of drug-likeness (QED) is 0.317. The van der Waals surface area contributed by atoms with Crippen LogP contribution >= 0.6 is 11.8 Å². The van der Waals surface area contributed by atoms with E-state index in [0.717, 1.165) is 22.2 Å². The Kier molecular flexibility index (Phi) is 5.81. The molecule has 1 saturated heterocycles. The van der Waals surface area contributed by atoms with Crippen molar-refractivity contribution >= 4 is 40.5 Å². The van der Waals surface area contributed by atoms with Gasteiger partial charge in [-0.15, -0.1) is 0 Å². The fourth-order valence-electron chi connectivity index (χ4n) is 2.47. The highest BCUT2D eigenvalue weighted by Gasteiger charge is 2.36. The number of non-ortho nitro benzene ring substituents is 1. The van der Waals surface area contributed by atoms with Crippen LogP contribution in [0.5, 0.6) is 0 Å². The van der Waals surface area contributed by atoms with Gasteiger partial charge in [0, 0.05) is 17.7 Å². The number of imide groups is 1. The molecular formula is C20H14N2O5S. The number of Topliss-reactive ketones (excluding diaryl/α,β-unsaturated/α-hetero) is 1. The summed E-state index contributed by atoms with van der Waals surface area (Å²) < 4.78 is 0. The molecule has 0 bridgehead atoms. The molecule has 0 saturated carbocycles. The summed E-state index contributed by atoms with van der Waals surface area (Å²) in [5.74, 6) is -1.01. The molecular weight excluding hydrogens is 380 g/mol. The molecule has 2 aromatic carbocycles. The Bertz CT molecular complexity index is 997. The van der Waals surface area contributed by atoms with Crippen LogP contribution in [0.1, 0.15) is 15.9 Å². The van der Waals surface area contributed by atoms with Gasteiger partial charge in [-0.05, 0) is 35.5 Å². The Morgan fingerprint density at radius 1 is 1.07 bits per heavy atom. The van der Waals surface area contributed by atoms with E-state index in [9.17, 15) is 24.5 Å². The molecule has 2 amide bonds. The largest absolute Gasteiger partial charge is 0.293 e. The number of thioether (sulfide) groups is 1. The van der Waals surface area contributed by atoms with Crippen LogP contribution in [0, 0.1) is 10.1 Å². The number of benzene rings is 2. The van der Waals surface area contributed by atoms with Crippen LogP contribution in [0.15, 0.2) is 71.7 Å². The minimum atomic E-state index is -0.571. The van der Waals surface area contributed by atoms with E-state index < -0.39 is 28.4 Å². The van der Waals surface area contributed by atoms with E-state index in [4.69, 9.17) is 0 Å². The first-order valence-electron chi connectivity index (χ1n) is 8.20. The average molecular weight is 394 g/mol. The molecule has 1 aliphatic rings. The predicted molar refractivity (Wildman–Crippen MR) is 106 cm³/mol. The predicted octanol–water partition coefficient (Wildman–Crippen LogP) is 4.07. The number of hydrogen-bond donors (Lipinski definition) is 0. The summed E-state index contributed by atoms with van der Waals surface area (Å²) >= 11 is 0.766. The summed E-state index contributed by atoms with van der Waals surface area (Å²) in [7, 11) is 0. The maximum Gasteiger partial charge on any atom is 0.293 e. The van der Waals surface area contributed by atoms with Gasteiger partial charge in [-0.2, -0.15) is 0 Å². The van der Waals surface area contributed by atoms with E-state index in [-0.39, 0.29) is 16.2 Å². The molecule has 1 aliphatic heterocycles. The third-order valence-electron chi connectivity index (χ3n) is 3.91. The molecule has 0 aromatic heterocycles. The van der Waals surface area contributed by atoms with Crippen LogP contribution < -0.4 is 0 Å². The van der Waals surface area contributed by atoms with Gasteiger partial charge >= 0.3 is 0 Å². The highest BCUT2D eigenvalue weighted by Crippen LogP contribution is 2.30. The first kappa shape index (κ1) is 19.2. The summed E-state index contributed by atoms with van der Waals surface area (Å²) in [6, 6.07) is 14.5. The van der Waals surface area contributed by atoms with Crippen molar-refractivity contribution in [3.63, 3.8) is 0 Å². The topological polar surface area (TPSA) is 97.6 Å². The number of nitro groups is 1.